The molecule has 0 aromatic carbocycles. The Bertz CT molecular complexity index is 305. The normalized spacial score (nSPS) is 20.9. The molecule has 3 N–H and O–H groups in total. The van der Waals surface area contributed by atoms with Crippen molar-refractivity contribution < 1.29 is 0 Å². The van der Waals surface area contributed by atoms with Gasteiger partial charge in [0.1, 0.15) is 0 Å². The topological polar surface area (TPSA) is 55.9 Å². The van der Waals surface area contributed by atoms with E-state index in [0.717, 1.165) is 32.5 Å². The third kappa shape index (κ3) is 1.96. The van der Waals surface area contributed by atoms with E-state index < -0.39 is 0 Å². The Morgan fingerprint density at radius 2 is 2.57 bits per heavy atom. The van der Waals surface area contributed by atoms with Crippen molar-refractivity contribution in [1.82, 2.24) is 15.1 Å². The molecule has 2 rings (SSSR count). The van der Waals surface area contributed by atoms with Crippen molar-refractivity contribution in [2.45, 2.75) is 38.9 Å². The molecule has 1 atom stereocenters. The summed E-state index contributed by atoms with van der Waals surface area (Å²) in [6.07, 6.45) is 4.19. The number of nitrogens with zero attached hydrogens (tertiary/aromatic N) is 2. The standard InChI is InChI=1S/C10H18N4/c1-8-5-10-9(6-12-8)7-14(13-10)4-2-3-11/h7-8,12H,2-6,11H2,1H3/t8-/m1/s1. The summed E-state index contributed by atoms with van der Waals surface area (Å²) in [4.78, 5) is 0. The molecular weight excluding hydrogens is 176 g/mol. The quantitative estimate of drug-likeness (QED) is 0.726. The van der Waals surface area contributed by atoms with E-state index in [4.69, 9.17) is 5.73 Å². The summed E-state index contributed by atoms with van der Waals surface area (Å²) in [6, 6.07) is 0.556. The van der Waals surface area contributed by atoms with Crippen molar-refractivity contribution in [2.75, 3.05) is 6.54 Å². The molecule has 0 radical (unpaired) electrons. The molecule has 0 aliphatic carbocycles. The minimum absolute atomic E-state index is 0.556. The van der Waals surface area contributed by atoms with Gasteiger partial charge >= 0.3 is 0 Å². The van der Waals surface area contributed by atoms with E-state index in [9.17, 15) is 0 Å². The second-order valence-corrected chi connectivity index (χ2v) is 3.99. The van der Waals surface area contributed by atoms with E-state index in [0.29, 0.717) is 6.04 Å². The number of rotatable bonds is 3. The highest BCUT2D eigenvalue weighted by Crippen LogP contribution is 2.14. The number of fused-ring (bicyclic) bond motifs is 1. The van der Waals surface area contributed by atoms with Crippen LogP contribution in [0.3, 0.4) is 0 Å². The zero-order valence-electron chi connectivity index (χ0n) is 8.66. The van der Waals surface area contributed by atoms with Crippen molar-refractivity contribution in [3.63, 3.8) is 0 Å². The van der Waals surface area contributed by atoms with Gasteiger partial charge in [0.2, 0.25) is 0 Å². The highest BCUT2D eigenvalue weighted by molar-refractivity contribution is 5.20. The molecule has 0 unspecified atom stereocenters. The van der Waals surface area contributed by atoms with Crippen LogP contribution in [0.2, 0.25) is 0 Å². The second-order valence-electron chi connectivity index (χ2n) is 3.99. The maximum atomic E-state index is 5.47. The first-order valence-electron chi connectivity index (χ1n) is 5.28. The molecule has 0 saturated heterocycles. The van der Waals surface area contributed by atoms with Crippen LogP contribution in [-0.2, 0) is 19.5 Å². The van der Waals surface area contributed by atoms with Gasteiger partial charge in [-0.1, -0.05) is 0 Å². The maximum absolute atomic E-state index is 5.47. The van der Waals surface area contributed by atoms with E-state index in [2.05, 4.69) is 23.5 Å². The molecule has 0 bridgehead atoms. The number of aryl methyl sites for hydroxylation is 1. The molecule has 0 fully saturated rings. The Morgan fingerprint density at radius 3 is 3.36 bits per heavy atom. The first-order chi connectivity index (χ1) is 6.79. The highest BCUT2D eigenvalue weighted by Gasteiger charge is 2.17. The zero-order chi connectivity index (χ0) is 9.97. The SMILES string of the molecule is C[C@@H]1Cc2nn(CCCN)cc2CN1. The molecule has 4 heteroatoms. The summed E-state index contributed by atoms with van der Waals surface area (Å²) in [5.41, 5.74) is 8.07. The van der Waals surface area contributed by atoms with E-state index >= 15 is 0 Å². The lowest BCUT2D eigenvalue weighted by atomic mass is 10.1. The third-order valence-corrected chi connectivity index (χ3v) is 2.66. The minimum Gasteiger partial charge on any atom is -0.330 e. The van der Waals surface area contributed by atoms with Gasteiger partial charge in [0.25, 0.3) is 0 Å². The van der Waals surface area contributed by atoms with Crippen molar-refractivity contribution >= 4 is 0 Å². The lowest BCUT2D eigenvalue weighted by Crippen LogP contribution is -2.32. The molecule has 14 heavy (non-hydrogen) atoms. The fourth-order valence-corrected chi connectivity index (χ4v) is 1.84. The zero-order valence-corrected chi connectivity index (χ0v) is 8.66. The molecule has 0 spiro atoms. The summed E-state index contributed by atoms with van der Waals surface area (Å²) >= 11 is 0. The minimum atomic E-state index is 0.556. The summed E-state index contributed by atoms with van der Waals surface area (Å²) in [6.45, 7) is 4.83. The van der Waals surface area contributed by atoms with Gasteiger partial charge in [0.05, 0.1) is 5.69 Å². The van der Waals surface area contributed by atoms with Gasteiger partial charge in [0, 0.05) is 37.3 Å². The van der Waals surface area contributed by atoms with E-state index in [1.54, 1.807) is 0 Å². The number of hydrogen-bond acceptors (Lipinski definition) is 3. The van der Waals surface area contributed by atoms with Gasteiger partial charge in [-0.3, -0.25) is 4.68 Å². The third-order valence-electron chi connectivity index (χ3n) is 2.66. The summed E-state index contributed by atoms with van der Waals surface area (Å²) in [5.74, 6) is 0. The average molecular weight is 194 g/mol. The van der Waals surface area contributed by atoms with Crippen molar-refractivity contribution in [3.8, 4) is 0 Å². The van der Waals surface area contributed by atoms with Gasteiger partial charge in [-0.25, -0.2) is 0 Å². The molecule has 1 aromatic heterocycles. The smallest absolute Gasteiger partial charge is 0.0684 e. The predicted molar refractivity (Wildman–Crippen MR) is 55.9 cm³/mol. The van der Waals surface area contributed by atoms with Crippen molar-refractivity contribution in [2.24, 2.45) is 5.73 Å². The first-order valence-corrected chi connectivity index (χ1v) is 5.28. The van der Waals surface area contributed by atoms with E-state index in [1.807, 2.05) is 4.68 Å². The molecule has 4 nitrogen and oxygen atoms in total. The average Bonchev–Trinajstić information content (AvgIpc) is 2.56. The molecule has 1 aliphatic rings. The lowest BCUT2D eigenvalue weighted by molar-refractivity contribution is 0.504. The van der Waals surface area contributed by atoms with Crippen LogP contribution in [0.5, 0.6) is 0 Å². The number of hydrogen-bond donors (Lipinski definition) is 2. The van der Waals surface area contributed by atoms with Gasteiger partial charge in [-0.05, 0) is 19.9 Å². The fourth-order valence-electron chi connectivity index (χ4n) is 1.84. The Hall–Kier alpha value is -0.870. The van der Waals surface area contributed by atoms with Crippen molar-refractivity contribution in [1.29, 1.82) is 0 Å². The molecule has 2 heterocycles. The molecule has 0 amide bonds. The number of nitrogens with two attached hydrogens (primary N) is 1. The van der Waals surface area contributed by atoms with Crippen molar-refractivity contribution in [3.05, 3.63) is 17.5 Å². The summed E-state index contributed by atoms with van der Waals surface area (Å²) < 4.78 is 2.03. The van der Waals surface area contributed by atoms with Crippen LogP contribution in [0, 0.1) is 0 Å². The monoisotopic (exact) mass is 194 g/mol. The van der Waals surface area contributed by atoms with Crippen LogP contribution in [0.25, 0.3) is 0 Å². The van der Waals surface area contributed by atoms with Gasteiger partial charge < -0.3 is 11.1 Å². The number of nitrogens with one attached hydrogen (secondary N) is 1. The Labute approximate surface area is 84.5 Å². The van der Waals surface area contributed by atoms with Crippen LogP contribution in [0.1, 0.15) is 24.6 Å². The molecule has 1 aromatic rings. The summed E-state index contributed by atoms with van der Waals surface area (Å²) in [5, 5.41) is 7.99. The second kappa shape index (κ2) is 4.11. The maximum Gasteiger partial charge on any atom is 0.0684 e. The number of aromatic nitrogens is 2. The largest absolute Gasteiger partial charge is 0.330 e. The molecule has 78 valence electrons. The van der Waals surface area contributed by atoms with Gasteiger partial charge in [-0.15, -0.1) is 0 Å². The molecule has 1 aliphatic heterocycles. The molecular formula is C10H18N4. The van der Waals surface area contributed by atoms with Crippen LogP contribution >= 0.6 is 0 Å². The fraction of sp³-hybridized carbons (Fsp3) is 0.700. The van der Waals surface area contributed by atoms with Crippen LogP contribution in [0.4, 0.5) is 0 Å². The Kier molecular flexibility index (Phi) is 2.84. The summed E-state index contributed by atoms with van der Waals surface area (Å²) in [7, 11) is 0. The van der Waals surface area contributed by atoms with Crippen LogP contribution in [0.15, 0.2) is 6.20 Å². The lowest BCUT2D eigenvalue weighted by Gasteiger charge is -2.18. The molecule has 0 saturated carbocycles. The van der Waals surface area contributed by atoms with Gasteiger partial charge in [0.15, 0.2) is 0 Å². The highest BCUT2D eigenvalue weighted by atomic mass is 15.3. The predicted octanol–water partition coefficient (Wildman–Crippen LogP) is 0.266. The van der Waals surface area contributed by atoms with Crippen LogP contribution < -0.4 is 11.1 Å². The Balaban J connectivity index is 2.07. The first kappa shape index (κ1) is 9.68. The van der Waals surface area contributed by atoms with Gasteiger partial charge in [-0.2, -0.15) is 5.10 Å². The van der Waals surface area contributed by atoms with Crippen LogP contribution in [-0.4, -0.2) is 22.4 Å². The van der Waals surface area contributed by atoms with E-state index in [-0.39, 0.29) is 0 Å². The van der Waals surface area contributed by atoms with E-state index in [1.165, 1.54) is 11.3 Å². The Morgan fingerprint density at radius 1 is 1.71 bits per heavy atom.